The lowest BCUT2D eigenvalue weighted by atomic mass is 10.1. The zero-order chi connectivity index (χ0) is 12.4. The Kier molecular flexibility index (Phi) is 3.12. The molecule has 2 rings (SSSR count). The highest BCUT2D eigenvalue weighted by molar-refractivity contribution is 5.92. The van der Waals surface area contributed by atoms with Crippen molar-refractivity contribution in [3.05, 3.63) is 17.5 Å². The fourth-order valence-corrected chi connectivity index (χ4v) is 2.12. The highest BCUT2D eigenvalue weighted by Crippen LogP contribution is 2.21. The van der Waals surface area contributed by atoms with Crippen molar-refractivity contribution in [1.29, 1.82) is 0 Å². The largest absolute Gasteiger partial charge is 0.481 e. The number of rotatable bonds is 3. The van der Waals surface area contributed by atoms with Gasteiger partial charge in [-0.3, -0.25) is 14.7 Å². The molecule has 1 saturated heterocycles. The van der Waals surface area contributed by atoms with Crippen LogP contribution in [0.25, 0.3) is 0 Å². The van der Waals surface area contributed by atoms with Crippen LogP contribution in [0.15, 0.2) is 6.07 Å². The molecule has 0 saturated carbocycles. The lowest BCUT2D eigenvalue weighted by Gasteiger charge is -2.14. The van der Waals surface area contributed by atoms with Crippen LogP contribution in [0.5, 0.6) is 0 Å². The lowest BCUT2D eigenvalue weighted by Crippen LogP contribution is -2.29. The number of aromatic amines is 1. The topological polar surface area (TPSA) is 86.3 Å². The number of H-pyrrole nitrogens is 1. The second-order valence-electron chi connectivity index (χ2n) is 4.44. The molecule has 1 aliphatic rings. The SMILES string of the molecule is Cc1cc(C(=O)N2CCC(CC(=O)O)C2)n[nH]1. The molecule has 0 spiro atoms. The molecule has 92 valence electrons. The third-order valence-electron chi connectivity index (χ3n) is 2.96. The standard InChI is InChI=1S/C11H15N3O3/c1-7-4-9(13-12-7)11(17)14-3-2-8(6-14)5-10(15)16/h4,8H,2-3,5-6H2,1H3,(H,12,13)(H,15,16). The zero-order valence-electron chi connectivity index (χ0n) is 9.64. The Bertz CT molecular complexity index is 441. The first-order chi connectivity index (χ1) is 8.06. The summed E-state index contributed by atoms with van der Waals surface area (Å²) in [6.07, 6.45) is 0.880. The van der Waals surface area contributed by atoms with Crippen molar-refractivity contribution in [2.45, 2.75) is 19.8 Å². The number of amides is 1. The number of carboxylic acids is 1. The smallest absolute Gasteiger partial charge is 0.303 e. The van der Waals surface area contributed by atoms with Gasteiger partial charge < -0.3 is 10.0 Å². The fraction of sp³-hybridized carbons (Fsp3) is 0.545. The van der Waals surface area contributed by atoms with Crippen LogP contribution in [0, 0.1) is 12.8 Å². The first-order valence-corrected chi connectivity index (χ1v) is 5.59. The summed E-state index contributed by atoms with van der Waals surface area (Å²) in [5, 5.41) is 15.3. The quantitative estimate of drug-likeness (QED) is 0.808. The molecule has 0 aromatic carbocycles. The average molecular weight is 237 g/mol. The molecule has 1 amide bonds. The molecule has 1 atom stereocenters. The Balaban J connectivity index is 1.96. The Hall–Kier alpha value is -1.85. The summed E-state index contributed by atoms with van der Waals surface area (Å²) in [4.78, 5) is 24.2. The van der Waals surface area contributed by atoms with Crippen LogP contribution >= 0.6 is 0 Å². The Morgan fingerprint density at radius 2 is 2.41 bits per heavy atom. The second-order valence-corrected chi connectivity index (χ2v) is 4.44. The van der Waals surface area contributed by atoms with E-state index >= 15 is 0 Å². The highest BCUT2D eigenvalue weighted by atomic mass is 16.4. The molecule has 6 nitrogen and oxygen atoms in total. The number of nitrogens with one attached hydrogen (secondary N) is 1. The summed E-state index contributed by atoms with van der Waals surface area (Å²) < 4.78 is 0. The maximum Gasteiger partial charge on any atom is 0.303 e. The molecular weight excluding hydrogens is 222 g/mol. The number of carbonyl (C=O) groups is 2. The molecule has 1 aromatic heterocycles. The van der Waals surface area contributed by atoms with E-state index in [2.05, 4.69) is 10.2 Å². The van der Waals surface area contributed by atoms with E-state index in [0.717, 1.165) is 12.1 Å². The van der Waals surface area contributed by atoms with Gasteiger partial charge >= 0.3 is 5.97 Å². The summed E-state index contributed by atoms with van der Waals surface area (Å²) in [5.41, 5.74) is 1.24. The highest BCUT2D eigenvalue weighted by Gasteiger charge is 2.29. The van der Waals surface area contributed by atoms with Gasteiger partial charge in [-0.15, -0.1) is 0 Å². The molecule has 0 bridgehead atoms. The zero-order valence-corrected chi connectivity index (χ0v) is 9.64. The molecule has 1 unspecified atom stereocenters. The van der Waals surface area contributed by atoms with Crippen molar-refractivity contribution >= 4 is 11.9 Å². The monoisotopic (exact) mass is 237 g/mol. The summed E-state index contributed by atoms with van der Waals surface area (Å²) >= 11 is 0. The molecule has 1 aliphatic heterocycles. The minimum atomic E-state index is -0.806. The van der Waals surface area contributed by atoms with Crippen LogP contribution in [-0.2, 0) is 4.79 Å². The van der Waals surface area contributed by atoms with Crippen molar-refractivity contribution in [2.24, 2.45) is 5.92 Å². The van der Waals surface area contributed by atoms with Crippen molar-refractivity contribution in [2.75, 3.05) is 13.1 Å². The van der Waals surface area contributed by atoms with Crippen LogP contribution in [0.2, 0.25) is 0 Å². The van der Waals surface area contributed by atoms with Crippen molar-refractivity contribution in [3.63, 3.8) is 0 Å². The van der Waals surface area contributed by atoms with Gasteiger partial charge in [0, 0.05) is 25.2 Å². The molecule has 1 aromatic rings. The minimum Gasteiger partial charge on any atom is -0.481 e. The van der Waals surface area contributed by atoms with E-state index in [-0.39, 0.29) is 18.2 Å². The molecule has 0 aliphatic carbocycles. The summed E-state index contributed by atoms with van der Waals surface area (Å²) in [5.74, 6) is -0.862. The predicted octanol–water partition coefficient (Wildman–Crippen LogP) is 0.655. The Labute approximate surface area is 98.6 Å². The van der Waals surface area contributed by atoms with Gasteiger partial charge in [0.15, 0.2) is 0 Å². The number of hydrogen-bond acceptors (Lipinski definition) is 3. The minimum absolute atomic E-state index is 0.0662. The van der Waals surface area contributed by atoms with Crippen LogP contribution in [0.4, 0.5) is 0 Å². The number of aliphatic carboxylic acids is 1. The van der Waals surface area contributed by atoms with Crippen molar-refractivity contribution < 1.29 is 14.7 Å². The molecule has 2 heterocycles. The molecule has 1 fully saturated rings. The van der Waals surface area contributed by atoms with Crippen LogP contribution < -0.4 is 0 Å². The number of likely N-dealkylation sites (tertiary alicyclic amines) is 1. The second kappa shape index (κ2) is 4.57. The van der Waals surface area contributed by atoms with Gasteiger partial charge in [0.05, 0.1) is 0 Å². The lowest BCUT2D eigenvalue weighted by molar-refractivity contribution is -0.138. The van der Waals surface area contributed by atoms with Gasteiger partial charge in [0.1, 0.15) is 5.69 Å². The van der Waals surface area contributed by atoms with Crippen LogP contribution in [-0.4, -0.2) is 45.2 Å². The van der Waals surface area contributed by atoms with Gasteiger partial charge in [-0.25, -0.2) is 0 Å². The van der Waals surface area contributed by atoms with E-state index in [9.17, 15) is 9.59 Å². The van der Waals surface area contributed by atoms with E-state index in [1.165, 1.54) is 0 Å². The van der Waals surface area contributed by atoms with E-state index < -0.39 is 5.97 Å². The number of carboxylic acid groups (broad SMARTS) is 1. The van der Waals surface area contributed by atoms with E-state index in [1.807, 2.05) is 6.92 Å². The Morgan fingerprint density at radius 3 is 3.00 bits per heavy atom. The van der Waals surface area contributed by atoms with Crippen molar-refractivity contribution in [1.82, 2.24) is 15.1 Å². The molecule has 0 radical (unpaired) electrons. The number of carbonyl (C=O) groups excluding carboxylic acids is 1. The molecule has 2 N–H and O–H groups in total. The maximum atomic E-state index is 12.0. The summed E-state index contributed by atoms with van der Waals surface area (Å²) in [6.45, 7) is 2.96. The fourth-order valence-electron chi connectivity index (χ4n) is 2.12. The first-order valence-electron chi connectivity index (χ1n) is 5.59. The molecule has 6 heteroatoms. The van der Waals surface area contributed by atoms with Gasteiger partial charge in [-0.2, -0.15) is 5.10 Å². The van der Waals surface area contributed by atoms with Gasteiger partial charge in [-0.1, -0.05) is 0 Å². The number of hydrogen-bond donors (Lipinski definition) is 2. The van der Waals surface area contributed by atoms with E-state index in [1.54, 1.807) is 11.0 Å². The third kappa shape index (κ3) is 2.64. The van der Waals surface area contributed by atoms with Crippen LogP contribution in [0.3, 0.4) is 0 Å². The maximum absolute atomic E-state index is 12.0. The van der Waals surface area contributed by atoms with Crippen molar-refractivity contribution in [3.8, 4) is 0 Å². The van der Waals surface area contributed by atoms with E-state index in [4.69, 9.17) is 5.11 Å². The first kappa shape index (κ1) is 11.6. The summed E-state index contributed by atoms with van der Waals surface area (Å²) in [6, 6.07) is 1.70. The van der Waals surface area contributed by atoms with E-state index in [0.29, 0.717) is 18.8 Å². The average Bonchev–Trinajstić information content (AvgIpc) is 2.85. The van der Waals surface area contributed by atoms with Gasteiger partial charge in [0.25, 0.3) is 5.91 Å². The predicted molar refractivity (Wildman–Crippen MR) is 59.6 cm³/mol. The van der Waals surface area contributed by atoms with Gasteiger partial charge in [0.2, 0.25) is 0 Å². The number of aryl methyl sites for hydroxylation is 1. The normalized spacial score (nSPS) is 19.6. The Morgan fingerprint density at radius 1 is 1.65 bits per heavy atom. The molecular formula is C11H15N3O3. The molecule has 17 heavy (non-hydrogen) atoms. The van der Waals surface area contributed by atoms with Gasteiger partial charge in [-0.05, 0) is 25.3 Å². The number of nitrogens with zero attached hydrogens (tertiary/aromatic N) is 2. The number of aromatic nitrogens is 2. The third-order valence-corrected chi connectivity index (χ3v) is 2.96. The summed E-state index contributed by atoms with van der Waals surface area (Å²) in [7, 11) is 0. The van der Waals surface area contributed by atoms with Crippen LogP contribution in [0.1, 0.15) is 29.0 Å².